The lowest BCUT2D eigenvalue weighted by atomic mass is 10.2. The molecule has 0 saturated carbocycles. The Kier molecular flexibility index (Phi) is 4.28. The summed E-state index contributed by atoms with van der Waals surface area (Å²) in [5.74, 6) is 0.285. The van der Waals surface area contributed by atoms with E-state index in [-0.39, 0.29) is 17.0 Å². The van der Waals surface area contributed by atoms with Gasteiger partial charge < -0.3 is 10.6 Å². The van der Waals surface area contributed by atoms with Gasteiger partial charge in [-0.2, -0.15) is 4.52 Å². The maximum Gasteiger partial charge on any atom is 0.323 e. The molecule has 24 heavy (non-hydrogen) atoms. The molecular formula is C16H18N6O2. The molecule has 0 aliphatic heterocycles. The zero-order valence-corrected chi connectivity index (χ0v) is 13.5. The number of amides is 2. The average molecular weight is 326 g/mol. The number of rotatable bonds is 4. The number of H-pyrrole nitrogens is 1. The molecule has 3 N–H and O–H groups in total. The van der Waals surface area contributed by atoms with Gasteiger partial charge in [-0.05, 0) is 25.5 Å². The van der Waals surface area contributed by atoms with Crippen LogP contribution in [0.4, 0.5) is 16.2 Å². The second-order valence-electron chi connectivity index (χ2n) is 5.46. The monoisotopic (exact) mass is 326 g/mol. The lowest BCUT2D eigenvalue weighted by molar-refractivity contribution is 0.262. The van der Waals surface area contributed by atoms with Crippen LogP contribution in [0.15, 0.2) is 35.4 Å². The number of aryl methyl sites for hydroxylation is 2. The van der Waals surface area contributed by atoms with E-state index in [4.69, 9.17) is 0 Å². The Hall–Kier alpha value is -3.16. The molecule has 0 unspecified atom stereocenters. The van der Waals surface area contributed by atoms with Crippen LogP contribution in [-0.4, -0.2) is 25.6 Å². The Morgan fingerprint density at radius 3 is 2.71 bits per heavy atom. The number of nitrogens with one attached hydrogen (secondary N) is 3. The van der Waals surface area contributed by atoms with Gasteiger partial charge in [-0.15, -0.1) is 0 Å². The van der Waals surface area contributed by atoms with Crippen molar-refractivity contribution in [3.05, 3.63) is 52.2 Å². The van der Waals surface area contributed by atoms with E-state index in [1.54, 1.807) is 12.1 Å². The highest BCUT2D eigenvalue weighted by Gasteiger charge is 2.16. The van der Waals surface area contributed by atoms with Crippen molar-refractivity contribution in [1.82, 2.24) is 19.6 Å². The Balaban J connectivity index is 1.89. The Labute approximate surface area is 137 Å². The second kappa shape index (κ2) is 6.53. The van der Waals surface area contributed by atoms with E-state index in [9.17, 15) is 9.59 Å². The smallest absolute Gasteiger partial charge is 0.308 e. The van der Waals surface area contributed by atoms with E-state index in [0.29, 0.717) is 17.8 Å². The minimum Gasteiger partial charge on any atom is -0.308 e. The summed E-state index contributed by atoms with van der Waals surface area (Å²) < 4.78 is 1.20. The van der Waals surface area contributed by atoms with E-state index in [1.807, 2.05) is 26.0 Å². The summed E-state index contributed by atoms with van der Waals surface area (Å²) in [7, 11) is 0. The summed E-state index contributed by atoms with van der Waals surface area (Å²) in [4.78, 5) is 33.1. The highest BCUT2D eigenvalue weighted by atomic mass is 16.2. The quantitative estimate of drug-likeness (QED) is 0.684. The van der Waals surface area contributed by atoms with Crippen LogP contribution < -0.4 is 16.2 Å². The molecule has 0 aliphatic rings. The fourth-order valence-corrected chi connectivity index (χ4v) is 2.36. The van der Waals surface area contributed by atoms with Gasteiger partial charge >= 0.3 is 6.03 Å². The van der Waals surface area contributed by atoms with Crippen molar-refractivity contribution in [2.75, 3.05) is 10.6 Å². The summed E-state index contributed by atoms with van der Waals surface area (Å²) in [5, 5.41) is 8.00. The zero-order valence-electron chi connectivity index (χ0n) is 13.5. The van der Waals surface area contributed by atoms with Crippen LogP contribution in [-0.2, 0) is 6.42 Å². The first kappa shape index (κ1) is 15.7. The molecule has 0 fully saturated rings. The number of aromatic amines is 1. The molecule has 3 rings (SSSR count). The molecule has 0 spiro atoms. The van der Waals surface area contributed by atoms with Gasteiger partial charge in [0.1, 0.15) is 12.0 Å². The minimum atomic E-state index is -0.491. The molecule has 2 heterocycles. The number of carbonyl (C=O) groups is 1. The number of anilines is 2. The van der Waals surface area contributed by atoms with Crippen molar-refractivity contribution in [2.24, 2.45) is 0 Å². The number of urea groups is 1. The van der Waals surface area contributed by atoms with Crippen LogP contribution >= 0.6 is 0 Å². The Bertz CT molecular complexity index is 926. The molecule has 0 radical (unpaired) electrons. The number of aromatic nitrogens is 4. The van der Waals surface area contributed by atoms with E-state index in [1.165, 1.54) is 10.8 Å². The first-order chi connectivity index (χ1) is 11.6. The van der Waals surface area contributed by atoms with E-state index < -0.39 is 6.03 Å². The molecule has 0 bridgehead atoms. The fraction of sp³-hybridized carbons (Fsp3) is 0.250. The van der Waals surface area contributed by atoms with E-state index in [0.717, 1.165) is 12.0 Å². The molecule has 3 aromatic rings. The van der Waals surface area contributed by atoms with Crippen LogP contribution in [0.2, 0.25) is 0 Å². The summed E-state index contributed by atoms with van der Waals surface area (Å²) in [6.45, 7) is 3.94. The van der Waals surface area contributed by atoms with Gasteiger partial charge in [0, 0.05) is 5.69 Å². The van der Waals surface area contributed by atoms with Gasteiger partial charge in [-0.3, -0.25) is 9.89 Å². The molecule has 2 amide bonds. The predicted octanol–water partition coefficient (Wildman–Crippen LogP) is 2.32. The first-order valence-electron chi connectivity index (χ1n) is 7.68. The van der Waals surface area contributed by atoms with Crippen LogP contribution in [0, 0.1) is 6.92 Å². The highest BCUT2D eigenvalue weighted by Crippen LogP contribution is 2.13. The average Bonchev–Trinajstić information content (AvgIpc) is 3.02. The number of benzene rings is 1. The van der Waals surface area contributed by atoms with Crippen LogP contribution in [0.3, 0.4) is 0 Å². The molecule has 0 atom stereocenters. The summed E-state index contributed by atoms with van der Waals surface area (Å²) >= 11 is 0. The number of carbonyl (C=O) groups excluding carboxylic acids is 1. The summed E-state index contributed by atoms with van der Waals surface area (Å²) in [5.41, 5.74) is 2.03. The second-order valence-corrected chi connectivity index (χ2v) is 5.46. The molecule has 2 aromatic heterocycles. The Morgan fingerprint density at radius 1 is 1.25 bits per heavy atom. The molecule has 1 aromatic carbocycles. The number of nitrogens with zero attached hydrogens (tertiary/aromatic N) is 3. The summed E-state index contributed by atoms with van der Waals surface area (Å²) in [6.07, 6.45) is 2.75. The van der Waals surface area contributed by atoms with Gasteiger partial charge in [0.2, 0.25) is 0 Å². The largest absolute Gasteiger partial charge is 0.323 e. The van der Waals surface area contributed by atoms with Crippen molar-refractivity contribution in [3.63, 3.8) is 0 Å². The maximum absolute atomic E-state index is 12.5. The van der Waals surface area contributed by atoms with Crippen molar-refractivity contribution >= 4 is 23.2 Å². The number of fused-ring (bicyclic) bond motifs is 1. The molecule has 124 valence electrons. The van der Waals surface area contributed by atoms with Crippen LogP contribution in [0.25, 0.3) is 5.78 Å². The van der Waals surface area contributed by atoms with Gasteiger partial charge in [-0.25, -0.2) is 14.8 Å². The lowest BCUT2D eigenvalue weighted by Gasteiger charge is -2.10. The lowest BCUT2D eigenvalue weighted by Crippen LogP contribution is -2.28. The van der Waals surface area contributed by atoms with Gasteiger partial charge in [0.25, 0.3) is 11.3 Å². The van der Waals surface area contributed by atoms with Crippen LogP contribution in [0.5, 0.6) is 0 Å². The summed E-state index contributed by atoms with van der Waals surface area (Å²) in [6, 6.07) is 6.89. The Morgan fingerprint density at radius 2 is 2.00 bits per heavy atom. The number of hydrogen-bond donors (Lipinski definition) is 3. The van der Waals surface area contributed by atoms with Gasteiger partial charge in [-0.1, -0.05) is 31.0 Å². The SMILES string of the molecule is CCCc1nc2nc[nH]n2c(=O)c1NC(=O)Nc1ccc(C)cc1. The molecule has 0 saturated heterocycles. The van der Waals surface area contributed by atoms with Crippen molar-refractivity contribution in [2.45, 2.75) is 26.7 Å². The molecule has 0 aliphatic carbocycles. The topological polar surface area (TPSA) is 104 Å². The standard InChI is InChI=1S/C16H18N6O2/c1-3-4-12-13(14(23)22-15(20-12)17-9-18-22)21-16(24)19-11-7-5-10(2)6-8-11/h5-9H,3-4H2,1-2H3,(H,17,18,20)(H2,19,21,24). The minimum absolute atomic E-state index is 0.156. The molecule has 8 heteroatoms. The molecular weight excluding hydrogens is 308 g/mol. The van der Waals surface area contributed by atoms with Crippen molar-refractivity contribution in [1.29, 1.82) is 0 Å². The normalized spacial score (nSPS) is 10.8. The first-order valence-corrected chi connectivity index (χ1v) is 7.68. The predicted molar refractivity (Wildman–Crippen MR) is 91.4 cm³/mol. The van der Waals surface area contributed by atoms with E-state index >= 15 is 0 Å². The van der Waals surface area contributed by atoms with Crippen LogP contribution in [0.1, 0.15) is 24.6 Å². The fourth-order valence-electron chi connectivity index (χ4n) is 2.36. The number of hydrogen-bond acceptors (Lipinski definition) is 4. The third kappa shape index (κ3) is 3.12. The van der Waals surface area contributed by atoms with Crippen molar-refractivity contribution < 1.29 is 4.79 Å². The molecule has 8 nitrogen and oxygen atoms in total. The third-order valence-corrected chi connectivity index (χ3v) is 3.54. The zero-order chi connectivity index (χ0) is 17.1. The van der Waals surface area contributed by atoms with Crippen molar-refractivity contribution in [3.8, 4) is 0 Å². The van der Waals surface area contributed by atoms with Gasteiger partial charge in [0.05, 0.1) is 5.69 Å². The van der Waals surface area contributed by atoms with Gasteiger partial charge in [0.15, 0.2) is 0 Å². The maximum atomic E-state index is 12.5. The third-order valence-electron chi connectivity index (χ3n) is 3.54. The highest BCUT2D eigenvalue weighted by molar-refractivity contribution is 6.00. The van der Waals surface area contributed by atoms with E-state index in [2.05, 4.69) is 25.7 Å².